The molecule has 11 heavy (non-hydrogen) atoms. The van der Waals surface area contributed by atoms with Gasteiger partial charge >= 0.3 is 0 Å². The van der Waals surface area contributed by atoms with Gasteiger partial charge in [-0.15, -0.1) is 0 Å². The van der Waals surface area contributed by atoms with Gasteiger partial charge in [0.25, 0.3) is 0 Å². The van der Waals surface area contributed by atoms with Crippen molar-refractivity contribution in [3.8, 4) is 0 Å². The molecular formula is C10H14O. The highest BCUT2D eigenvalue weighted by Gasteiger charge is 2.21. The van der Waals surface area contributed by atoms with Crippen LogP contribution in [0.1, 0.15) is 12.8 Å². The van der Waals surface area contributed by atoms with E-state index in [0.717, 1.165) is 19.4 Å². The van der Waals surface area contributed by atoms with Gasteiger partial charge in [-0.05, 0) is 18.4 Å². The average Bonchev–Trinajstić information content (AvgIpc) is 2.81. The molecule has 0 aromatic rings. The quantitative estimate of drug-likeness (QED) is 0.433. The number of hydrogen-bond donors (Lipinski definition) is 0. The van der Waals surface area contributed by atoms with Gasteiger partial charge in [0.15, 0.2) is 0 Å². The van der Waals surface area contributed by atoms with Crippen LogP contribution in [0.5, 0.6) is 0 Å². The van der Waals surface area contributed by atoms with Crippen molar-refractivity contribution >= 4 is 0 Å². The summed E-state index contributed by atoms with van der Waals surface area (Å²) in [5.74, 6) is 0. The predicted molar refractivity (Wildman–Crippen MR) is 47.5 cm³/mol. The molecule has 1 atom stereocenters. The highest BCUT2D eigenvalue weighted by Crippen LogP contribution is 2.18. The van der Waals surface area contributed by atoms with E-state index in [9.17, 15) is 0 Å². The number of epoxide rings is 1. The summed E-state index contributed by atoms with van der Waals surface area (Å²) in [5.41, 5.74) is 1.25. The lowest BCUT2D eigenvalue weighted by molar-refractivity contribution is 0.397. The SMILES string of the molecule is C=C/C=C(\C=C)CCC1CO1. The van der Waals surface area contributed by atoms with E-state index in [1.54, 1.807) is 6.08 Å². The van der Waals surface area contributed by atoms with Crippen LogP contribution in [-0.4, -0.2) is 12.7 Å². The minimum absolute atomic E-state index is 0.517. The lowest BCUT2D eigenvalue weighted by Crippen LogP contribution is -1.86. The molecule has 0 radical (unpaired) electrons. The molecule has 1 heteroatoms. The van der Waals surface area contributed by atoms with Gasteiger partial charge in [-0.1, -0.05) is 31.4 Å². The number of rotatable bonds is 5. The standard InChI is InChI=1S/C10H14O/c1-3-5-9(4-2)6-7-10-8-11-10/h3-5,10H,1-2,6-8H2/b9-5+. The van der Waals surface area contributed by atoms with E-state index in [-0.39, 0.29) is 0 Å². The number of ether oxygens (including phenoxy) is 1. The van der Waals surface area contributed by atoms with Crippen molar-refractivity contribution in [2.24, 2.45) is 0 Å². The smallest absolute Gasteiger partial charge is 0.0813 e. The molecule has 0 aliphatic carbocycles. The Morgan fingerprint density at radius 1 is 1.55 bits per heavy atom. The van der Waals surface area contributed by atoms with Gasteiger partial charge in [0.2, 0.25) is 0 Å². The molecule has 1 saturated heterocycles. The second-order valence-corrected chi connectivity index (χ2v) is 2.68. The lowest BCUT2D eigenvalue weighted by Gasteiger charge is -1.96. The molecule has 1 aliphatic heterocycles. The molecular weight excluding hydrogens is 136 g/mol. The van der Waals surface area contributed by atoms with Gasteiger partial charge < -0.3 is 4.74 Å². The van der Waals surface area contributed by atoms with Crippen LogP contribution in [0.4, 0.5) is 0 Å². The fourth-order valence-corrected chi connectivity index (χ4v) is 0.967. The highest BCUT2D eigenvalue weighted by molar-refractivity contribution is 5.20. The Bertz CT molecular complexity index is 175. The Labute approximate surface area is 68.1 Å². The minimum Gasteiger partial charge on any atom is -0.373 e. The van der Waals surface area contributed by atoms with Crippen molar-refractivity contribution in [1.82, 2.24) is 0 Å². The molecule has 0 aromatic carbocycles. The van der Waals surface area contributed by atoms with Crippen LogP contribution in [0, 0.1) is 0 Å². The summed E-state index contributed by atoms with van der Waals surface area (Å²) in [5, 5.41) is 0. The van der Waals surface area contributed by atoms with Crippen molar-refractivity contribution in [2.75, 3.05) is 6.61 Å². The van der Waals surface area contributed by atoms with Crippen molar-refractivity contribution in [3.63, 3.8) is 0 Å². The van der Waals surface area contributed by atoms with E-state index in [4.69, 9.17) is 4.74 Å². The maximum absolute atomic E-state index is 5.09. The summed E-state index contributed by atoms with van der Waals surface area (Å²) in [6.07, 6.45) is 8.36. The molecule has 1 heterocycles. The lowest BCUT2D eigenvalue weighted by atomic mass is 10.1. The molecule has 0 spiro atoms. The van der Waals surface area contributed by atoms with Crippen LogP contribution in [0.15, 0.2) is 37.0 Å². The second-order valence-electron chi connectivity index (χ2n) is 2.68. The molecule has 0 amide bonds. The van der Waals surface area contributed by atoms with Crippen LogP contribution in [0.3, 0.4) is 0 Å². The second kappa shape index (κ2) is 4.14. The molecule has 0 aromatic heterocycles. The maximum Gasteiger partial charge on any atom is 0.0813 e. The third-order valence-corrected chi connectivity index (χ3v) is 1.75. The molecule has 1 aliphatic rings. The first-order valence-electron chi connectivity index (χ1n) is 3.92. The van der Waals surface area contributed by atoms with Crippen LogP contribution < -0.4 is 0 Å². The van der Waals surface area contributed by atoms with E-state index in [1.165, 1.54) is 5.57 Å². The normalized spacial score (nSPS) is 22.9. The highest BCUT2D eigenvalue weighted by atomic mass is 16.6. The predicted octanol–water partition coefficient (Wildman–Crippen LogP) is 2.46. The van der Waals surface area contributed by atoms with Gasteiger partial charge in [-0.25, -0.2) is 0 Å². The first-order chi connectivity index (χ1) is 5.36. The van der Waals surface area contributed by atoms with E-state index in [1.807, 2.05) is 12.2 Å². The largest absolute Gasteiger partial charge is 0.373 e. The molecule has 0 bridgehead atoms. The zero-order chi connectivity index (χ0) is 8.10. The van der Waals surface area contributed by atoms with E-state index < -0.39 is 0 Å². The van der Waals surface area contributed by atoms with Gasteiger partial charge in [-0.3, -0.25) is 0 Å². The van der Waals surface area contributed by atoms with E-state index in [2.05, 4.69) is 13.2 Å². The zero-order valence-electron chi connectivity index (χ0n) is 6.75. The molecule has 1 rings (SSSR count). The maximum atomic E-state index is 5.09. The first-order valence-corrected chi connectivity index (χ1v) is 3.92. The first kappa shape index (κ1) is 8.28. The molecule has 60 valence electrons. The summed E-state index contributed by atoms with van der Waals surface area (Å²) < 4.78 is 5.09. The van der Waals surface area contributed by atoms with Crippen LogP contribution >= 0.6 is 0 Å². The third-order valence-electron chi connectivity index (χ3n) is 1.75. The summed E-state index contributed by atoms with van der Waals surface area (Å²) in [4.78, 5) is 0. The topological polar surface area (TPSA) is 12.5 Å². The Kier molecular flexibility index (Phi) is 3.12. The van der Waals surface area contributed by atoms with E-state index >= 15 is 0 Å². The summed E-state index contributed by atoms with van der Waals surface area (Å²) in [7, 11) is 0. The van der Waals surface area contributed by atoms with Crippen LogP contribution in [0.2, 0.25) is 0 Å². The Balaban J connectivity index is 2.23. The Hall–Kier alpha value is -0.820. The molecule has 0 N–H and O–H groups in total. The third kappa shape index (κ3) is 3.19. The van der Waals surface area contributed by atoms with Crippen molar-refractivity contribution in [3.05, 3.63) is 37.0 Å². The molecule has 1 nitrogen and oxygen atoms in total. The van der Waals surface area contributed by atoms with Gasteiger partial charge in [0.05, 0.1) is 12.7 Å². The van der Waals surface area contributed by atoms with Gasteiger partial charge in [-0.2, -0.15) is 0 Å². The number of hydrogen-bond acceptors (Lipinski definition) is 1. The number of allylic oxidation sites excluding steroid dienone is 4. The average molecular weight is 150 g/mol. The fourth-order valence-electron chi connectivity index (χ4n) is 0.967. The summed E-state index contributed by atoms with van der Waals surface area (Å²) >= 11 is 0. The Morgan fingerprint density at radius 2 is 2.27 bits per heavy atom. The molecule has 1 unspecified atom stereocenters. The van der Waals surface area contributed by atoms with Crippen molar-refractivity contribution < 1.29 is 4.74 Å². The monoisotopic (exact) mass is 150 g/mol. The van der Waals surface area contributed by atoms with E-state index in [0.29, 0.717) is 6.10 Å². The summed E-state index contributed by atoms with van der Waals surface area (Å²) in [6.45, 7) is 8.30. The zero-order valence-corrected chi connectivity index (χ0v) is 6.75. The summed E-state index contributed by atoms with van der Waals surface area (Å²) in [6, 6.07) is 0. The Morgan fingerprint density at radius 3 is 2.73 bits per heavy atom. The molecule has 0 saturated carbocycles. The van der Waals surface area contributed by atoms with Crippen molar-refractivity contribution in [1.29, 1.82) is 0 Å². The van der Waals surface area contributed by atoms with Gasteiger partial charge in [0, 0.05) is 0 Å². The van der Waals surface area contributed by atoms with Gasteiger partial charge in [0.1, 0.15) is 0 Å². The fraction of sp³-hybridized carbons (Fsp3) is 0.400. The van der Waals surface area contributed by atoms with Crippen LogP contribution in [0.25, 0.3) is 0 Å². The molecule has 1 fully saturated rings. The van der Waals surface area contributed by atoms with Crippen LogP contribution in [-0.2, 0) is 4.74 Å². The minimum atomic E-state index is 0.517. The van der Waals surface area contributed by atoms with Crippen molar-refractivity contribution in [2.45, 2.75) is 18.9 Å².